The summed E-state index contributed by atoms with van der Waals surface area (Å²) in [6.07, 6.45) is 4.51. The summed E-state index contributed by atoms with van der Waals surface area (Å²) in [5.41, 5.74) is 3.20. The Kier molecular flexibility index (Phi) is 5.37. The van der Waals surface area contributed by atoms with Crippen LogP contribution in [0.3, 0.4) is 0 Å². The smallest absolute Gasteiger partial charge is 0.223 e. The topological polar surface area (TPSA) is 67.0 Å². The molecule has 0 atom stereocenters. The average Bonchev–Trinajstić information content (AvgIpc) is 2.95. The molecular formula is C16H21N3O2. The van der Waals surface area contributed by atoms with Gasteiger partial charge in [-0.25, -0.2) is 4.98 Å². The summed E-state index contributed by atoms with van der Waals surface area (Å²) in [5, 5.41) is 2.87. The van der Waals surface area contributed by atoms with Crippen LogP contribution in [0.25, 0.3) is 0 Å². The Labute approximate surface area is 124 Å². The van der Waals surface area contributed by atoms with E-state index in [-0.39, 0.29) is 5.91 Å². The molecule has 0 fully saturated rings. The van der Waals surface area contributed by atoms with E-state index in [4.69, 9.17) is 4.74 Å². The van der Waals surface area contributed by atoms with Crippen LogP contribution in [0.1, 0.15) is 23.2 Å². The quantitative estimate of drug-likeness (QED) is 0.820. The van der Waals surface area contributed by atoms with Gasteiger partial charge in [-0.2, -0.15) is 0 Å². The second-order valence-electron chi connectivity index (χ2n) is 5.00. The van der Waals surface area contributed by atoms with Crippen LogP contribution in [0.4, 0.5) is 0 Å². The molecule has 2 rings (SSSR count). The summed E-state index contributed by atoms with van der Waals surface area (Å²) < 4.78 is 5.71. The lowest BCUT2D eigenvalue weighted by molar-refractivity contribution is -0.121. The van der Waals surface area contributed by atoms with Crippen molar-refractivity contribution in [2.24, 2.45) is 0 Å². The minimum Gasteiger partial charge on any atom is -0.493 e. The van der Waals surface area contributed by atoms with Gasteiger partial charge >= 0.3 is 0 Å². The van der Waals surface area contributed by atoms with Gasteiger partial charge in [0.1, 0.15) is 5.75 Å². The minimum absolute atomic E-state index is 0.000697. The lowest BCUT2D eigenvalue weighted by Crippen LogP contribution is -2.27. The Hall–Kier alpha value is -2.30. The predicted molar refractivity (Wildman–Crippen MR) is 81.3 cm³/mol. The number of aromatic amines is 1. The Morgan fingerprint density at radius 1 is 1.33 bits per heavy atom. The van der Waals surface area contributed by atoms with Gasteiger partial charge < -0.3 is 15.0 Å². The Bertz CT molecular complexity index is 559. The first kappa shape index (κ1) is 15.1. The van der Waals surface area contributed by atoms with Gasteiger partial charge in [-0.1, -0.05) is 18.2 Å². The van der Waals surface area contributed by atoms with Gasteiger partial charge in [-0.05, 0) is 25.0 Å². The highest BCUT2D eigenvalue weighted by Gasteiger charge is 2.05. The van der Waals surface area contributed by atoms with Crippen molar-refractivity contribution >= 4 is 5.91 Å². The number of hydrogen-bond donors (Lipinski definition) is 2. The number of imidazole rings is 1. The maximum atomic E-state index is 11.7. The molecule has 0 aliphatic rings. The number of nitrogens with zero attached hydrogens (tertiary/aromatic N) is 1. The van der Waals surface area contributed by atoms with Crippen molar-refractivity contribution < 1.29 is 9.53 Å². The van der Waals surface area contributed by atoms with Crippen molar-refractivity contribution in [3.63, 3.8) is 0 Å². The number of ether oxygens (including phenoxy) is 1. The first-order valence-corrected chi connectivity index (χ1v) is 7.10. The number of para-hydroxylation sites is 1. The number of H-pyrrole nitrogens is 1. The molecule has 21 heavy (non-hydrogen) atoms. The molecule has 1 aromatic heterocycles. The molecule has 1 heterocycles. The third kappa shape index (κ3) is 4.63. The Morgan fingerprint density at radius 3 is 2.76 bits per heavy atom. The molecule has 1 amide bonds. The van der Waals surface area contributed by atoms with E-state index < -0.39 is 0 Å². The van der Waals surface area contributed by atoms with Crippen molar-refractivity contribution in [1.29, 1.82) is 0 Å². The molecule has 2 aromatic rings. The highest BCUT2D eigenvalue weighted by molar-refractivity contribution is 5.75. The van der Waals surface area contributed by atoms with Crippen molar-refractivity contribution in [3.05, 3.63) is 47.5 Å². The lowest BCUT2D eigenvalue weighted by atomic mass is 10.1. The third-order valence-corrected chi connectivity index (χ3v) is 3.26. The molecule has 0 saturated heterocycles. The number of hydrogen-bond acceptors (Lipinski definition) is 3. The van der Waals surface area contributed by atoms with Crippen molar-refractivity contribution in [2.45, 2.75) is 26.7 Å². The molecule has 112 valence electrons. The van der Waals surface area contributed by atoms with Crippen molar-refractivity contribution in [1.82, 2.24) is 15.3 Å². The van der Waals surface area contributed by atoms with E-state index in [1.54, 1.807) is 12.5 Å². The second-order valence-corrected chi connectivity index (χ2v) is 5.00. The van der Waals surface area contributed by atoms with E-state index >= 15 is 0 Å². The standard InChI is InChI=1S/C16H21N3O2/c1-12-4-3-5-13(2)16(12)21-9-7-15(20)18-8-6-14-10-17-11-19-14/h3-5,10-11H,6-9H2,1-2H3,(H,17,19)(H,18,20). The number of carbonyl (C=O) groups excluding carboxylic acids is 1. The van der Waals surface area contributed by atoms with Gasteiger partial charge in [0.05, 0.1) is 19.4 Å². The fourth-order valence-electron chi connectivity index (χ4n) is 2.12. The maximum Gasteiger partial charge on any atom is 0.223 e. The maximum absolute atomic E-state index is 11.7. The minimum atomic E-state index is 0.000697. The highest BCUT2D eigenvalue weighted by atomic mass is 16.5. The molecule has 2 N–H and O–H groups in total. The second kappa shape index (κ2) is 7.47. The fourth-order valence-corrected chi connectivity index (χ4v) is 2.12. The van der Waals surface area contributed by atoms with Crippen LogP contribution in [0.2, 0.25) is 0 Å². The van der Waals surface area contributed by atoms with Crippen LogP contribution in [-0.4, -0.2) is 29.0 Å². The van der Waals surface area contributed by atoms with Gasteiger partial charge in [0, 0.05) is 24.9 Å². The van der Waals surface area contributed by atoms with Gasteiger partial charge in [0.15, 0.2) is 0 Å². The van der Waals surface area contributed by atoms with Crippen molar-refractivity contribution in [3.8, 4) is 5.75 Å². The third-order valence-electron chi connectivity index (χ3n) is 3.26. The highest BCUT2D eigenvalue weighted by Crippen LogP contribution is 2.22. The molecule has 0 bridgehead atoms. The SMILES string of the molecule is Cc1cccc(C)c1OCCC(=O)NCCc1cnc[nH]1. The summed E-state index contributed by atoms with van der Waals surface area (Å²) >= 11 is 0. The molecular weight excluding hydrogens is 266 g/mol. The summed E-state index contributed by atoms with van der Waals surface area (Å²) in [6, 6.07) is 6.01. The first-order valence-electron chi connectivity index (χ1n) is 7.10. The zero-order valence-corrected chi connectivity index (χ0v) is 12.5. The van der Waals surface area contributed by atoms with Gasteiger partial charge in [-0.3, -0.25) is 4.79 Å². The number of nitrogens with one attached hydrogen (secondary N) is 2. The van der Waals surface area contributed by atoms with Crippen LogP contribution in [-0.2, 0) is 11.2 Å². The van der Waals surface area contributed by atoms with E-state index in [9.17, 15) is 4.79 Å². The molecule has 0 saturated carbocycles. The number of aryl methyl sites for hydroxylation is 2. The number of benzene rings is 1. The van der Waals surface area contributed by atoms with E-state index in [0.717, 1.165) is 29.0 Å². The monoisotopic (exact) mass is 287 g/mol. The molecule has 1 aromatic carbocycles. The van der Waals surface area contributed by atoms with Crippen LogP contribution in [0.15, 0.2) is 30.7 Å². The fraction of sp³-hybridized carbons (Fsp3) is 0.375. The Balaban J connectivity index is 1.67. The lowest BCUT2D eigenvalue weighted by Gasteiger charge is -2.11. The van der Waals surface area contributed by atoms with Gasteiger partial charge in [0.2, 0.25) is 5.91 Å². The molecule has 0 aliphatic carbocycles. The molecule has 0 radical (unpaired) electrons. The van der Waals surface area contributed by atoms with Crippen molar-refractivity contribution in [2.75, 3.05) is 13.2 Å². The zero-order valence-electron chi connectivity index (χ0n) is 12.5. The Morgan fingerprint density at radius 2 is 2.10 bits per heavy atom. The molecule has 0 aliphatic heterocycles. The first-order chi connectivity index (χ1) is 10.2. The van der Waals surface area contributed by atoms with Gasteiger partial charge in [0.25, 0.3) is 0 Å². The summed E-state index contributed by atoms with van der Waals surface area (Å²) in [5.74, 6) is 0.878. The zero-order chi connectivity index (χ0) is 15.1. The molecule has 5 heteroatoms. The summed E-state index contributed by atoms with van der Waals surface area (Å²) in [4.78, 5) is 18.6. The number of aromatic nitrogens is 2. The number of carbonyl (C=O) groups is 1. The molecule has 5 nitrogen and oxygen atoms in total. The van der Waals surface area contributed by atoms with Crippen LogP contribution in [0.5, 0.6) is 5.75 Å². The van der Waals surface area contributed by atoms with E-state index in [2.05, 4.69) is 15.3 Å². The van der Waals surface area contributed by atoms with Crippen LogP contribution >= 0.6 is 0 Å². The molecule has 0 unspecified atom stereocenters. The summed E-state index contributed by atoms with van der Waals surface area (Å²) in [7, 11) is 0. The van der Waals surface area contributed by atoms with Crippen LogP contribution in [0, 0.1) is 13.8 Å². The normalized spacial score (nSPS) is 10.4. The average molecular weight is 287 g/mol. The number of rotatable bonds is 7. The van der Waals surface area contributed by atoms with E-state index in [0.29, 0.717) is 19.6 Å². The van der Waals surface area contributed by atoms with E-state index in [1.165, 1.54) is 0 Å². The van der Waals surface area contributed by atoms with Crippen LogP contribution < -0.4 is 10.1 Å². The predicted octanol–water partition coefficient (Wildman–Crippen LogP) is 2.15. The largest absolute Gasteiger partial charge is 0.493 e. The number of amides is 1. The van der Waals surface area contributed by atoms with Gasteiger partial charge in [-0.15, -0.1) is 0 Å². The molecule has 0 spiro atoms. The summed E-state index contributed by atoms with van der Waals surface area (Å²) in [6.45, 7) is 5.01. The van der Waals surface area contributed by atoms with E-state index in [1.807, 2.05) is 32.0 Å².